The number of hydrogen-bond acceptors (Lipinski definition) is 14. The van der Waals surface area contributed by atoms with Gasteiger partial charge in [-0.25, -0.2) is 4.98 Å². The fraction of sp³-hybridized carbons (Fsp3) is 0.824. The second-order valence-electron chi connectivity index (χ2n) is 23.6. The van der Waals surface area contributed by atoms with Gasteiger partial charge in [0.25, 0.3) is 0 Å². The second-order valence-corrected chi connectivity index (χ2v) is 23.6. The first-order valence-corrected chi connectivity index (χ1v) is 25.2. The van der Waals surface area contributed by atoms with Gasteiger partial charge in [-0.05, 0) is 110 Å². The Labute approximate surface area is 398 Å². The van der Waals surface area contributed by atoms with Crippen LogP contribution in [0.15, 0.2) is 24.2 Å². The van der Waals surface area contributed by atoms with E-state index >= 15 is 0 Å². The summed E-state index contributed by atoms with van der Waals surface area (Å²) in [6, 6.07) is -0.685. The molecule has 1 aromatic rings. The smallest absolute Gasteiger partial charge is 0.310 e. The number of nitrogens with one attached hydrogen (secondary N) is 2. The van der Waals surface area contributed by atoms with Crippen molar-refractivity contribution in [2.75, 3.05) is 26.4 Å². The van der Waals surface area contributed by atoms with Crippen molar-refractivity contribution in [2.45, 2.75) is 160 Å². The molecule has 8 aliphatic rings. The molecule has 4 bridgehead atoms. The number of carbonyl (C=O) groups excluding carboxylic acids is 1. The molecule has 3 heterocycles. The van der Waals surface area contributed by atoms with Crippen LogP contribution >= 0.6 is 0 Å². The monoisotopic (exact) mass is 953 g/mol. The number of allylic oxidation sites excluding steroid dienone is 2. The number of imidazole rings is 1. The fourth-order valence-corrected chi connectivity index (χ4v) is 17.1. The second kappa shape index (κ2) is 17.9. The van der Waals surface area contributed by atoms with Crippen LogP contribution in [0.4, 0.5) is 0 Å². The lowest BCUT2D eigenvalue weighted by Gasteiger charge is -2.74. The van der Waals surface area contributed by atoms with E-state index in [2.05, 4.69) is 54.0 Å². The molecular weight excluding hydrogens is 877 g/mol. The molecule has 2 saturated heterocycles. The molecule has 13 N–H and O–H groups in total. The number of H-pyrrole nitrogens is 1. The van der Waals surface area contributed by atoms with Crippen LogP contribution in [0.1, 0.15) is 116 Å². The normalized spacial score (nSPS) is 49.5. The van der Waals surface area contributed by atoms with Crippen LogP contribution < -0.4 is 11.1 Å². The van der Waals surface area contributed by atoms with Crippen molar-refractivity contribution in [3.63, 3.8) is 0 Å². The average molecular weight is 953 g/mol. The summed E-state index contributed by atoms with van der Waals surface area (Å²) in [7, 11) is 0. The number of aliphatic hydroxyl groups is 8. The van der Waals surface area contributed by atoms with Crippen LogP contribution in [0.2, 0.25) is 0 Å². The molecule has 9 rings (SSSR count). The lowest BCUT2D eigenvalue weighted by atomic mass is 9.30. The van der Waals surface area contributed by atoms with Crippen LogP contribution in [0, 0.1) is 85.8 Å². The van der Waals surface area contributed by atoms with E-state index in [9.17, 15) is 55.5 Å². The van der Waals surface area contributed by atoms with Crippen LogP contribution in [-0.2, 0) is 19.1 Å². The molecule has 68 heavy (non-hydrogen) atoms. The Kier molecular flexibility index (Phi) is 13.2. The summed E-state index contributed by atoms with van der Waals surface area (Å²) in [5.74, 6) is 1.43. The van der Waals surface area contributed by atoms with Crippen molar-refractivity contribution < 1.29 is 65.0 Å². The number of aromatic nitrogens is 2. The molecule has 378 valence electrons. The SMILES string of the molecule is C[C@]1(CO)CC[C@]2(C(=O)O)CC[C@@]34CCC#C[C@H]([C@@H]5[C@@H]([C@H](CC[C@@H](N)O)c6cnc[nH]6)NC(=O)[C@@H]5CO)[C@H]5[C@@H](O)[C@@H](O[C@@H]6OC[C@@H](O)[C@H](O)[C@H]6O)[C@@](C)(CO)[C@H]6CC[C@]3(C)[C@H](CC=C4[C@@H]2C1)[C@@]56C. The Hall–Kier alpha value is -2.99. The van der Waals surface area contributed by atoms with E-state index in [1.165, 1.54) is 0 Å². The number of aliphatic hydroxyl groups excluding tert-OH is 8. The van der Waals surface area contributed by atoms with E-state index in [0.717, 1.165) is 5.57 Å². The van der Waals surface area contributed by atoms with Gasteiger partial charge in [0.1, 0.15) is 24.5 Å². The van der Waals surface area contributed by atoms with E-state index in [1.807, 2.05) is 6.92 Å². The van der Waals surface area contributed by atoms with Gasteiger partial charge in [0.05, 0.1) is 49.7 Å². The van der Waals surface area contributed by atoms with Crippen molar-refractivity contribution in [1.29, 1.82) is 0 Å². The number of aromatic amines is 1. The zero-order valence-electron chi connectivity index (χ0n) is 40.0. The first-order valence-electron chi connectivity index (χ1n) is 25.2. The topological polar surface area (TPSA) is 301 Å². The Balaban J connectivity index is 1.25. The van der Waals surface area contributed by atoms with E-state index < -0.39 is 130 Å². The van der Waals surface area contributed by atoms with Crippen molar-refractivity contribution in [3.05, 3.63) is 29.9 Å². The van der Waals surface area contributed by atoms with Crippen molar-refractivity contribution in [3.8, 4) is 11.8 Å². The number of carbonyl (C=O) groups is 2. The van der Waals surface area contributed by atoms with Gasteiger partial charge in [0.15, 0.2) is 6.29 Å². The Morgan fingerprint density at radius 2 is 1.74 bits per heavy atom. The molecule has 1 aromatic heterocycles. The maximum atomic E-state index is 14.3. The molecule has 1 spiro atoms. The number of amides is 1. The number of hydrogen-bond donors (Lipinski definition) is 12. The van der Waals surface area contributed by atoms with Crippen molar-refractivity contribution >= 4 is 11.9 Å². The van der Waals surface area contributed by atoms with Gasteiger partial charge in [0.2, 0.25) is 5.91 Å². The minimum Gasteiger partial charge on any atom is -0.481 e. The zero-order valence-corrected chi connectivity index (χ0v) is 40.0. The van der Waals surface area contributed by atoms with Gasteiger partial charge in [-0.15, -0.1) is 5.92 Å². The number of ether oxygens (including phenoxy) is 2. The third-order valence-corrected chi connectivity index (χ3v) is 20.7. The third-order valence-electron chi connectivity index (χ3n) is 20.7. The Morgan fingerprint density at radius 1 is 0.985 bits per heavy atom. The molecule has 2 aliphatic heterocycles. The molecule has 6 fully saturated rings. The highest BCUT2D eigenvalue weighted by atomic mass is 16.7. The highest BCUT2D eigenvalue weighted by Crippen LogP contribution is 2.78. The summed E-state index contributed by atoms with van der Waals surface area (Å²) >= 11 is 0. The van der Waals surface area contributed by atoms with Crippen LogP contribution in [0.3, 0.4) is 0 Å². The lowest BCUT2D eigenvalue weighted by Crippen LogP contribution is -2.74. The molecule has 17 nitrogen and oxygen atoms in total. The van der Waals surface area contributed by atoms with E-state index in [4.69, 9.17) is 15.2 Å². The molecule has 0 unspecified atom stereocenters. The highest BCUT2D eigenvalue weighted by Gasteiger charge is 2.75. The number of fused-ring (bicyclic) bond motifs is 2. The summed E-state index contributed by atoms with van der Waals surface area (Å²) in [5, 5.41) is 105. The number of nitrogens with two attached hydrogens (primary N) is 1. The standard InChI is InChI=1S/C51H76N4O13/c1-46(23-57)15-16-50(45(65)66)17-18-51-13-6-5-7-27(36-28(21-56)43(64)55-38(36)26(8-11-35(52)60)31-20-53-25-54-31)37-40(62)42(68-44-41(63)39(61)32(59)22-67-44)47(2,24-58)33-12-14-48(51,3)34(49(33,37)4)10-9-29(51)30(50)19-46/h9,20,25-28,30,32-42,44,56-63H,6,8,10-19,21-24,52H2,1-4H3,(H,53,54)(H,55,64)(H,65,66)/t26-,27-,28-,30+,32-,33-,34+,35+,36+,37+,38-,39+,40-,41-,42-,44+,46+,47+,48-,49+,50+,51-/m1/s1. The first-order chi connectivity index (χ1) is 32.2. The van der Waals surface area contributed by atoms with Gasteiger partial charge in [-0.2, -0.15) is 0 Å². The Morgan fingerprint density at radius 3 is 2.40 bits per heavy atom. The van der Waals surface area contributed by atoms with Gasteiger partial charge < -0.3 is 71.5 Å². The molecule has 0 radical (unpaired) electrons. The molecule has 17 heteroatoms. The molecule has 0 aromatic carbocycles. The molecular formula is C51H76N4O13. The predicted octanol–water partition coefficient (Wildman–Crippen LogP) is 1.52. The average Bonchev–Trinajstić information content (AvgIpc) is 3.96. The highest BCUT2D eigenvalue weighted by molar-refractivity contribution is 5.82. The number of aliphatic carboxylic acids is 1. The van der Waals surface area contributed by atoms with E-state index in [0.29, 0.717) is 76.3 Å². The van der Waals surface area contributed by atoms with Gasteiger partial charge in [0, 0.05) is 60.0 Å². The number of nitrogens with zero attached hydrogens (tertiary/aromatic N) is 1. The quantitative estimate of drug-likeness (QED) is 0.0612. The molecule has 22 atom stereocenters. The number of carboxylic acids is 1. The summed E-state index contributed by atoms with van der Waals surface area (Å²) in [4.78, 5) is 35.4. The van der Waals surface area contributed by atoms with Crippen LogP contribution in [0.5, 0.6) is 0 Å². The van der Waals surface area contributed by atoms with E-state index in [1.54, 1.807) is 12.5 Å². The maximum Gasteiger partial charge on any atom is 0.310 e. The minimum atomic E-state index is -1.69. The molecule has 1 amide bonds. The first kappa shape index (κ1) is 50.0. The van der Waals surface area contributed by atoms with Crippen LogP contribution in [0.25, 0.3) is 0 Å². The summed E-state index contributed by atoms with van der Waals surface area (Å²) < 4.78 is 12.5. The fourth-order valence-electron chi connectivity index (χ4n) is 17.1. The molecule has 6 aliphatic carbocycles. The largest absolute Gasteiger partial charge is 0.481 e. The van der Waals surface area contributed by atoms with Crippen molar-refractivity contribution in [1.82, 2.24) is 15.3 Å². The Bertz CT molecular complexity index is 2150. The number of rotatable bonds is 12. The maximum absolute atomic E-state index is 14.3. The number of carboxylic acid groups (broad SMARTS) is 1. The summed E-state index contributed by atoms with van der Waals surface area (Å²) in [6.45, 7) is 7.17. The minimum absolute atomic E-state index is 0.0423. The molecule has 4 saturated carbocycles. The van der Waals surface area contributed by atoms with Gasteiger partial charge >= 0.3 is 5.97 Å². The summed E-state index contributed by atoms with van der Waals surface area (Å²) in [6.07, 6.45) is 1.67. The van der Waals surface area contributed by atoms with Gasteiger partial charge in [-0.1, -0.05) is 45.3 Å². The van der Waals surface area contributed by atoms with Crippen molar-refractivity contribution in [2.24, 2.45) is 79.6 Å². The summed E-state index contributed by atoms with van der Waals surface area (Å²) in [5.41, 5.74) is 3.30. The predicted molar refractivity (Wildman–Crippen MR) is 244 cm³/mol. The third kappa shape index (κ3) is 7.23. The zero-order chi connectivity index (χ0) is 48.9. The lowest BCUT2D eigenvalue weighted by molar-refractivity contribution is -0.343. The van der Waals surface area contributed by atoms with Gasteiger partial charge in [-0.3, -0.25) is 9.59 Å². The van der Waals surface area contributed by atoms with E-state index in [-0.39, 0.29) is 43.3 Å². The van der Waals surface area contributed by atoms with Crippen LogP contribution in [-0.4, -0.2) is 143 Å².